The number of aromatic nitrogens is 2. The number of hydrogen-bond acceptors (Lipinski definition) is 5. The van der Waals surface area contributed by atoms with Gasteiger partial charge in [-0.25, -0.2) is 13.1 Å². The van der Waals surface area contributed by atoms with Crippen molar-refractivity contribution < 1.29 is 13.3 Å². The zero-order valence-electron chi connectivity index (χ0n) is 15.3. The van der Waals surface area contributed by atoms with E-state index in [0.717, 1.165) is 12.7 Å². The van der Waals surface area contributed by atoms with Crippen molar-refractivity contribution in [1.82, 2.24) is 9.78 Å². The lowest BCUT2D eigenvalue weighted by molar-refractivity contribution is -0.385. The first-order chi connectivity index (χ1) is 13.2. The summed E-state index contributed by atoms with van der Waals surface area (Å²) in [6.07, 6.45) is 2.54. The Hall–Kier alpha value is -2.71. The normalized spacial score (nSPS) is 11.5. The number of hydrogen-bond donors (Lipinski definition) is 0. The minimum absolute atomic E-state index is 0.0318. The van der Waals surface area contributed by atoms with Crippen LogP contribution in [0.2, 0.25) is 5.15 Å². The van der Waals surface area contributed by atoms with Gasteiger partial charge in [-0.3, -0.25) is 10.1 Å². The van der Waals surface area contributed by atoms with E-state index in [0.29, 0.717) is 28.9 Å². The summed E-state index contributed by atoms with van der Waals surface area (Å²) in [6.45, 7) is 1.96. The second-order valence-electron chi connectivity index (χ2n) is 6.38. The van der Waals surface area contributed by atoms with Crippen LogP contribution in [0.1, 0.15) is 18.9 Å². The van der Waals surface area contributed by atoms with Crippen LogP contribution in [0.3, 0.4) is 0 Å². The monoisotopic (exact) mass is 419 g/mol. The molecule has 0 fully saturated rings. The Kier molecular flexibility index (Phi) is 5.53. The second kappa shape index (κ2) is 7.73. The van der Waals surface area contributed by atoms with Crippen molar-refractivity contribution in [2.24, 2.45) is 0 Å². The molecule has 9 heteroatoms. The zero-order chi connectivity index (χ0) is 20.5. The minimum atomic E-state index is -3.31. The lowest BCUT2D eigenvalue weighted by Crippen LogP contribution is -2.03. The maximum absolute atomic E-state index is 11.7. The number of aryl methyl sites for hydroxylation is 1. The maximum Gasteiger partial charge on any atom is 0.274 e. The average molecular weight is 420 g/mol. The Morgan fingerprint density at radius 2 is 1.82 bits per heavy atom. The molecule has 28 heavy (non-hydrogen) atoms. The Labute approximate surface area is 167 Å². The van der Waals surface area contributed by atoms with Crippen LogP contribution in [0.5, 0.6) is 0 Å². The fraction of sp³-hybridized carbons (Fsp3) is 0.211. The van der Waals surface area contributed by atoms with Crippen LogP contribution in [-0.4, -0.2) is 29.4 Å². The molecule has 0 spiro atoms. The molecule has 0 unspecified atom stereocenters. The lowest BCUT2D eigenvalue weighted by atomic mass is 10.1. The van der Waals surface area contributed by atoms with Crippen LogP contribution < -0.4 is 0 Å². The van der Waals surface area contributed by atoms with Crippen LogP contribution in [0.25, 0.3) is 16.9 Å². The predicted octanol–water partition coefficient (Wildman–Crippen LogP) is 4.46. The van der Waals surface area contributed by atoms with E-state index in [1.807, 2.05) is 6.92 Å². The van der Waals surface area contributed by atoms with Crippen LogP contribution in [-0.2, 0) is 16.3 Å². The summed E-state index contributed by atoms with van der Waals surface area (Å²) in [6, 6.07) is 12.9. The van der Waals surface area contributed by atoms with Gasteiger partial charge in [-0.2, -0.15) is 5.10 Å². The SMILES string of the molecule is CCCc1ccc(-n2nc(Cl)cc2-c2ccc(S(C)(=O)=O)cc2)cc1[N+](=O)[O-]. The summed E-state index contributed by atoms with van der Waals surface area (Å²) in [7, 11) is -3.31. The second-order valence-corrected chi connectivity index (χ2v) is 8.78. The van der Waals surface area contributed by atoms with E-state index in [1.165, 1.54) is 22.9 Å². The van der Waals surface area contributed by atoms with E-state index in [1.54, 1.807) is 30.3 Å². The molecule has 0 N–H and O–H groups in total. The van der Waals surface area contributed by atoms with Crippen molar-refractivity contribution in [1.29, 1.82) is 0 Å². The minimum Gasteiger partial charge on any atom is -0.258 e. The van der Waals surface area contributed by atoms with Gasteiger partial charge in [-0.1, -0.05) is 43.1 Å². The summed E-state index contributed by atoms with van der Waals surface area (Å²) in [5.74, 6) is 0. The fourth-order valence-electron chi connectivity index (χ4n) is 2.96. The van der Waals surface area contributed by atoms with Crippen molar-refractivity contribution in [2.45, 2.75) is 24.7 Å². The average Bonchev–Trinajstić information content (AvgIpc) is 3.03. The van der Waals surface area contributed by atoms with E-state index in [4.69, 9.17) is 11.6 Å². The van der Waals surface area contributed by atoms with Gasteiger partial charge in [0, 0.05) is 29.5 Å². The highest BCUT2D eigenvalue weighted by molar-refractivity contribution is 7.90. The molecule has 0 atom stereocenters. The molecule has 1 aromatic heterocycles. The van der Waals surface area contributed by atoms with Crippen LogP contribution in [0.4, 0.5) is 5.69 Å². The quantitative estimate of drug-likeness (QED) is 0.434. The molecule has 7 nitrogen and oxygen atoms in total. The number of halogens is 1. The first-order valence-electron chi connectivity index (χ1n) is 8.54. The zero-order valence-corrected chi connectivity index (χ0v) is 16.9. The first kappa shape index (κ1) is 20.0. The molecule has 0 aliphatic carbocycles. The van der Waals surface area contributed by atoms with Gasteiger partial charge in [0.15, 0.2) is 15.0 Å². The Balaban J connectivity index is 2.10. The van der Waals surface area contributed by atoms with Gasteiger partial charge in [-0.05, 0) is 24.6 Å². The molecule has 146 valence electrons. The Morgan fingerprint density at radius 1 is 1.14 bits per heavy atom. The molecule has 0 radical (unpaired) electrons. The van der Waals surface area contributed by atoms with Gasteiger partial charge in [-0.15, -0.1) is 0 Å². The van der Waals surface area contributed by atoms with Crippen molar-refractivity contribution in [3.63, 3.8) is 0 Å². The number of benzene rings is 2. The highest BCUT2D eigenvalue weighted by Crippen LogP contribution is 2.30. The topological polar surface area (TPSA) is 95.1 Å². The highest BCUT2D eigenvalue weighted by atomic mass is 35.5. The summed E-state index contributed by atoms with van der Waals surface area (Å²) < 4.78 is 24.8. The van der Waals surface area contributed by atoms with E-state index in [-0.39, 0.29) is 15.7 Å². The number of nitro groups is 1. The Morgan fingerprint density at radius 3 is 2.39 bits per heavy atom. The molecule has 0 saturated heterocycles. The third kappa shape index (κ3) is 4.07. The highest BCUT2D eigenvalue weighted by Gasteiger charge is 2.18. The van der Waals surface area contributed by atoms with Gasteiger partial charge >= 0.3 is 0 Å². The Bertz CT molecular complexity index is 1140. The van der Waals surface area contributed by atoms with Crippen molar-refractivity contribution in [3.8, 4) is 16.9 Å². The molecule has 2 aromatic carbocycles. The number of nitro benzene ring substituents is 1. The van der Waals surface area contributed by atoms with E-state index in [9.17, 15) is 18.5 Å². The molecular weight excluding hydrogens is 402 g/mol. The van der Waals surface area contributed by atoms with Crippen molar-refractivity contribution in [3.05, 3.63) is 69.4 Å². The number of rotatable bonds is 6. The molecular formula is C19H18ClN3O4S. The molecule has 0 saturated carbocycles. The van der Waals surface area contributed by atoms with Gasteiger partial charge in [0.25, 0.3) is 5.69 Å². The maximum atomic E-state index is 11.7. The fourth-order valence-corrected chi connectivity index (χ4v) is 3.77. The number of nitrogens with zero attached hydrogens (tertiary/aromatic N) is 3. The van der Waals surface area contributed by atoms with Crippen LogP contribution in [0.15, 0.2) is 53.4 Å². The third-order valence-corrected chi connectivity index (χ3v) is 5.60. The van der Waals surface area contributed by atoms with Gasteiger partial charge in [0.1, 0.15) is 0 Å². The van der Waals surface area contributed by atoms with E-state index < -0.39 is 14.8 Å². The summed E-state index contributed by atoms with van der Waals surface area (Å²) >= 11 is 6.09. The van der Waals surface area contributed by atoms with Crippen molar-refractivity contribution >= 4 is 27.1 Å². The largest absolute Gasteiger partial charge is 0.274 e. The van der Waals surface area contributed by atoms with Gasteiger partial charge in [0.05, 0.1) is 21.2 Å². The molecule has 3 rings (SSSR count). The molecule has 0 aliphatic rings. The molecule has 0 aliphatic heterocycles. The molecule has 0 bridgehead atoms. The first-order valence-corrected chi connectivity index (χ1v) is 10.8. The standard InChI is InChI=1S/C19H18ClN3O4S/c1-3-4-13-5-8-15(11-18(13)23(24)25)22-17(12-19(20)21-22)14-6-9-16(10-7-14)28(2,26)27/h5-12H,3-4H2,1-2H3. The van der Waals surface area contributed by atoms with E-state index in [2.05, 4.69) is 5.10 Å². The molecule has 1 heterocycles. The predicted molar refractivity (Wildman–Crippen MR) is 108 cm³/mol. The number of sulfone groups is 1. The summed E-state index contributed by atoms with van der Waals surface area (Å²) in [5.41, 5.74) is 2.48. The lowest BCUT2D eigenvalue weighted by Gasteiger charge is -2.10. The van der Waals surface area contributed by atoms with Crippen molar-refractivity contribution in [2.75, 3.05) is 6.26 Å². The third-order valence-electron chi connectivity index (χ3n) is 4.29. The summed E-state index contributed by atoms with van der Waals surface area (Å²) in [4.78, 5) is 11.3. The molecule has 3 aromatic rings. The van der Waals surface area contributed by atoms with Crippen LogP contribution >= 0.6 is 11.6 Å². The van der Waals surface area contributed by atoms with Gasteiger partial charge in [0.2, 0.25) is 0 Å². The smallest absolute Gasteiger partial charge is 0.258 e. The van der Waals surface area contributed by atoms with Crippen LogP contribution in [0, 0.1) is 10.1 Å². The molecule has 0 amide bonds. The summed E-state index contributed by atoms with van der Waals surface area (Å²) in [5, 5.41) is 15.9. The van der Waals surface area contributed by atoms with Gasteiger partial charge < -0.3 is 0 Å². The van der Waals surface area contributed by atoms with E-state index >= 15 is 0 Å².